The molecule has 0 aliphatic heterocycles. The summed E-state index contributed by atoms with van der Waals surface area (Å²) in [5.41, 5.74) is 8.16. The molecule has 1 aromatic rings. The zero-order valence-corrected chi connectivity index (χ0v) is 10.7. The van der Waals surface area contributed by atoms with Gasteiger partial charge in [0.15, 0.2) is 0 Å². The molecule has 0 heterocycles. The summed E-state index contributed by atoms with van der Waals surface area (Å²) in [5.74, 6) is -0.0571. The maximum Gasteiger partial charge on any atom is 0.226 e. The number of anilines is 2. The summed E-state index contributed by atoms with van der Waals surface area (Å²) in [6.45, 7) is 5.62. The number of halogens is 1. The van der Waals surface area contributed by atoms with Gasteiger partial charge in [0.2, 0.25) is 5.91 Å². The highest BCUT2D eigenvalue weighted by molar-refractivity contribution is 9.10. The van der Waals surface area contributed by atoms with Gasteiger partial charge < -0.3 is 11.1 Å². The average Bonchev–Trinajstić information content (AvgIpc) is 2.13. The second-order valence-corrected chi connectivity index (χ2v) is 4.69. The Bertz CT molecular complexity index is 388. The highest BCUT2D eigenvalue weighted by Gasteiger charge is 2.10. The van der Waals surface area contributed by atoms with E-state index in [0.717, 1.165) is 15.7 Å². The van der Waals surface area contributed by atoms with Gasteiger partial charge in [-0.2, -0.15) is 0 Å². The molecule has 0 bridgehead atoms. The molecule has 3 nitrogen and oxygen atoms in total. The van der Waals surface area contributed by atoms with E-state index in [0.29, 0.717) is 5.69 Å². The Balaban J connectivity index is 2.96. The molecule has 0 atom stereocenters. The van der Waals surface area contributed by atoms with Crippen molar-refractivity contribution in [1.29, 1.82) is 0 Å². The summed E-state index contributed by atoms with van der Waals surface area (Å²) in [6.07, 6.45) is 0. The number of rotatable bonds is 2. The molecule has 1 aromatic carbocycles. The zero-order chi connectivity index (χ0) is 11.6. The molecular formula is C11H15BrN2O. The molecule has 1 amide bonds. The Hall–Kier alpha value is -1.03. The number of hydrogen-bond donors (Lipinski definition) is 2. The van der Waals surface area contributed by atoms with Gasteiger partial charge in [0.05, 0.1) is 5.69 Å². The molecular weight excluding hydrogens is 256 g/mol. The SMILES string of the molecule is Cc1cc(Br)c(NC(=O)C(C)C)cc1N. The molecule has 0 saturated heterocycles. The van der Waals surface area contributed by atoms with E-state index in [2.05, 4.69) is 21.2 Å². The molecule has 4 heteroatoms. The van der Waals surface area contributed by atoms with Gasteiger partial charge in [0, 0.05) is 16.1 Å². The van der Waals surface area contributed by atoms with Crippen LogP contribution in [0.25, 0.3) is 0 Å². The fraction of sp³-hybridized carbons (Fsp3) is 0.364. The van der Waals surface area contributed by atoms with Crippen LogP contribution in [0.15, 0.2) is 16.6 Å². The molecule has 0 aromatic heterocycles. The molecule has 82 valence electrons. The fourth-order valence-corrected chi connectivity index (χ4v) is 1.62. The van der Waals surface area contributed by atoms with Gasteiger partial charge in [-0.3, -0.25) is 4.79 Å². The summed E-state index contributed by atoms with van der Waals surface area (Å²) in [4.78, 5) is 11.5. The first kappa shape index (κ1) is 12.0. The fourth-order valence-electron chi connectivity index (χ4n) is 1.06. The molecule has 0 spiro atoms. The molecule has 0 saturated carbocycles. The quantitative estimate of drug-likeness (QED) is 0.812. The van der Waals surface area contributed by atoms with Crippen molar-refractivity contribution < 1.29 is 4.79 Å². The third-order valence-corrected chi connectivity index (χ3v) is 2.79. The molecule has 1 rings (SSSR count). The van der Waals surface area contributed by atoms with Crippen molar-refractivity contribution >= 4 is 33.2 Å². The molecule has 15 heavy (non-hydrogen) atoms. The average molecular weight is 271 g/mol. The minimum Gasteiger partial charge on any atom is -0.398 e. The van der Waals surface area contributed by atoms with Crippen LogP contribution in [0.1, 0.15) is 19.4 Å². The first-order valence-electron chi connectivity index (χ1n) is 4.78. The number of aryl methyl sites for hydroxylation is 1. The number of carbonyl (C=O) groups excluding carboxylic acids is 1. The first-order valence-corrected chi connectivity index (χ1v) is 5.57. The van der Waals surface area contributed by atoms with Crippen LogP contribution >= 0.6 is 15.9 Å². The monoisotopic (exact) mass is 270 g/mol. The van der Waals surface area contributed by atoms with Gasteiger partial charge in [-0.1, -0.05) is 13.8 Å². The molecule has 0 unspecified atom stereocenters. The maximum absolute atomic E-state index is 11.5. The van der Waals surface area contributed by atoms with E-state index in [1.165, 1.54) is 0 Å². The van der Waals surface area contributed by atoms with Crippen LogP contribution in [0, 0.1) is 12.8 Å². The summed E-state index contributed by atoms with van der Waals surface area (Å²) in [5, 5.41) is 2.81. The molecule has 0 aliphatic rings. The zero-order valence-electron chi connectivity index (χ0n) is 9.10. The predicted octanol–water partition coefficient (Wildman–Crippen LogP) is 2.93. The van der Waals surface area contributed by atoms with Crippen molar-refractivity contribution in [3.05, 3.63) is 22.2 Å². The van der Waals surface area contributed by atoms with Crippen molar-refractivity contribution in [1.82, 2.24) is 0 Å². The van der Waals surface area contributed by atoms with E-state index < -0.39 is 0 Å². The van der Waals surface area contributed by atoms with Gasteiger partial charge in [0.1, 0.15) is 0 Å². The molecule has 0 aliphatic carbocycles. The minimum absolute atomic E-state index is 0.0149. The smallest absolute Gasteiger partial charge is 0.226 e. The number of nitrogens with two attached hydrogens (primary N) is 1. The predicted molar refractivity (Wildman–Crippen MR) is 66.8 cm³/mol. The van der Waals surface area contributed by atoms with Gasteiger partial charge in [0.25, 0.3) is 0 Å². The number of carbonyl (C=O) groups is 1. The number of nitrogens with one attached hydrogen (secondary N) is 1. The van der Waals surface area contributed by atoms with E-state index in [1.807, 2.05) is 26.8 Å². The van der Waals surface area contributed by atoms with E-state index in [-0.39, 0.29) is 11.8 Å². The summed E-state index contributed by atoms with van der Waals surface area (Å²) in [7, 11) is 0. The Morgan fingerprint density at radius 1 is 1.47 bits per heavy atom. The standard InChI is InChI=1S/C11H15BrN2O/c1-6(2)11(15)14-10-5-9(13)7(3)4-8(10)12/h4-6H,13H2,1-3H3,(H,14,15). The largest absolute Gasteiger partial charge is 0.398 e. The van der Waals surface area contributed by atoms with Crippen molar-refractivity contribution in [3.8, 4) is 0 Å². The van der Waals surface area contributed by atoms with Crippen LogP contribution in [0.2, 0.25) is 0 Å². The summed E-state index contributed by atoms with van der Waals surface area (Å²) >= 11 is 3.39. The Labute approximate surface area is 98.2 Å². The van der Waals surface area contributed by atoms with Gasteiger partial charge in [-0.15, -0.1) is 0 Å². The number of amides is 1. The van der Waals surface area contributed by atoms with Crippen LogP contribution in [0.3, 0.4) is 0 Å². The van der Waals surface area contributed by atoms with Crippen LogP contribution in [-0.2, 0) is 4.79 Å². The highest BCUT2D eigenvalue weighted by Crippen LogP contribution is 2.28. The van der Waals surface area contributed by atoms with Gasteiger partial charge in [-0.05, 0) is 40.5 Å². The summed E-state index contributed by atoms with van der Waals surface area (Å²) < 4.78 is 0.850. The normalized spacial score (nSPS) is 10.5. The third-order valence-electron chi connectivity index (χ3n) is 2.14. The number of benzene rings is 1. The van der Waals surface area contributed by atoms with Crippen LogP contribution in [0.4, 0.5) is 11.4 Å². The molecule has 0 radical (unpaired) electrons. The second-order valence-electron chi connectivity index (χ2n) is 3.83. The Kier molecular flexibility index (Phi) is 3.74. The second kappa shape index (κ2) is 4.66. The number of hydrogen-bond acceptors (Lipinski definition) is 2. The third kappa shape index (κ3) is 2.96. The van der Waals surface area contributed by atoms with Crippen LogP contribution in [0.5, 0.6) is 0 Å². The number of nitrogen functional groups attached to an aromatic ring is 1. The van der Waals surface area contributed by atoms with Crippen molar-refractivity contribution in [2.45, 2.75) is 20.8 Å². The van der Waals surface area contributed by atoms with Crippen molar-refractivity contribution in [3.63, 3.8) is 0 Å². The summed E-state index contributed by atoms with van der Waals surface area (Å²) in [6, 6.07) is 3.66. The highest BCUT2D eigenvalue weighted by atomic mass is 79.9. The lowest BCUT2D eigenvalue weighted by molar-refractivity contribution is -0.118. The lowest BCUT2D eigenvalue weighted by Gasteiger charge is -2.11. The Morgan fingerprint density at radius 3 is 2.60 bits per heavy atom. The molecule has 3 N–H and O–H groups in total. The van der Waals surface area contributed by atoms with Crippen LogP contribution in [-0.4, -0.2) is 5.91 Å². The topological polar surface area (TPSA) is 55.1 Å². The van der Waals surface area contributed by atoms with E-state index in [4.69, 9.17) is 5.73 Å². The van der Waals surface area contributed by atoms with E-state index >= 15 is 0 Å². The van der Waals surface area contributed by atoms with Crippen molar-refractivity contribution in [2.24, 2.45) is 5.92 Å². The maximum atomic E-state index is 11.5. The molecule has 0 fully saturated rings. The van der Waals surface area contributed by atoms with Gasteiger partial charge >= 0.3 is 0 Å². The van der Waals surface area contributed by atoms with E-state index in [9.17, 15) is 4.79 Å². The van der Waals surface area contributed by atoms with Gasteiger partial charge in [-0.25, -0.2) is 0 Å². The lowest BCUT2D eigenvalue weighted by Crippen LogP contribution is -2.18. The lowest BCUT2D eigenvalue weighted by atomic mass is 10.1. The minimum atomic E-state index is -0.0422. The first-order chi connectivity index (χ1) is 6.91. The van der Waals surface area contributed by atoms with Crippen molar-refractivity contribution in [2.75, 3.05) is 11.1 Å². The Morgan fingerprint density at radius 2 is 2.07 bits per heavy atom. The van der Waals surface area contributed by atoms with Crippen LogP contribution < -0.4 is 11.1 Å². The van der Waals surface area contributed by atoms with E-state index in [1.54, 1.807) is 6.07 Å².